The van der Waals surface area contributed by atoms with E-state index in [1.807, 2.05) is 23.6 Å². The van der Waals surface area contributed by atoms with Crippen LogP contribution in [0.1, 0.15) is 17.5 Å². The lowest BCUT2D eigenvalue weighted by atomic mass is 10.0. The van der Waals surface area contributed by atoms with Gasteiger partial charge in [0.2, 0.25) is 11.8 Å². The van der Waals surface area contributed by atoms with Gasteiger partial charge in [0, 0.05) is 34.2 Å². The van der Waals surface area contributed by atoms with Crippen LogP contribution in [0.3, 0.4) is 0 Å². The van der Waals surface area contributed by atoms with Crippen molar-refractivity contribution in [2.45, 2.75) is 18.9 Å². The summed E-state index contributed by atoms with van der Waals surface area (Å²) >= 11 is 1.67. The molecule has 1 aromatic carbocycles. The number of fused-ring (bicyclic) bond motifs is 2. The van der Waals surface area contributed by atoms with Gasteiger partial charge in [0.05, 0.1) is 13.1 Å². The molecule has 2 amide bonds. The minimum Gasteiger partial charge on any atom is -0.485 e. The number of carbonyl (C=O) groups is 2. The van der Waals surface area contributed by atoms with Crippen LogP contribution in [0.5, 0.6) is 5.75 Å². The molecule has 0 atom stereocenters. The van der Waals surface area contributed by atoms with Gasteiger partial charge in [0.25, 0.3) is 0 Å². The van der Waals surface area contributed by atoms with Crippen LogP contribution in [0, 0.1) is 0 Å². The number of nitrogens with one attached hydrogen (secondary N) is 1. The fourth-order valence-corrected chi connectivity index (χ4v) is 4.42. The van der Waals surface area contributed by atoms with Crippen molar-refractivity contribution in [2.75, 3.05) is 18.4 Å². The van der Waals surface area contributed by atoms with Gasteiger partial charge in [-0.05, 0) is 41.8 Å². The van der Waals surface area contributed by atoms with Gasteiger partial charge in [-0.1, -0.05) is 12.1 Å². The molecule has 1 fully saturated rings. The monoisotopic (exact) mass is 405 g/mol. The van der Waals surface area contributed by atoms with E-state index in [1.54, 1.807) is 34.6 Å². The number of likely N-dealkylation sites (tertiary alicyclic amines) is 1. The van der Waals surface area contributed by atoms with Crippen LogP contribution in [0.4, 0.5) is 5.82 Å². The molecule has 0 unspecified atom stereocenters. The highest BCUT2D eigenvalue weighted by molar-refractivity contribution is 7.17. The predicted molar refractivity (Wildman–Crippen MR) is 113 cm³/mol. The van der Waals surface area contributed by atoms with Crippen LogP contribution in [0.2, 0.25) is 0 Å². The minimum absolute atomic E-state index is 0.00604. The summed E-state index contributed by atoms with van der Waals surface area (Å²) in [7, 11) is 0. The van der Waals surface area contributed by atoms with E-state index in [4.69, 9.17) is 4.74 Å². The van der Waals surface area contributed by atoms with Crippen LogP contribution in [-0.4, -0.2) is 40.9 Å². The van der Waals surface area contributed by atoms with Crippen molar-refractivity contribution in [1.82, 2.24) is 9.88 Å². The first-order valence-corrected chi connectivity index (χ1v) is 10.4. The number of nitrogens with zero attached hydrogens (tertiary/aromatic N) is 2. The number of ether oxygens (including phenoxy) is 1. The van der Waals surface area contributed by atoms with E-state index in [2.05, 4.69) is 22.4 Å². The Hall–Kier alpha value is -3.19. The first-order chi connectivity index (χ1) is 14.2. The Balaban J connectivity index is 1.17. The highest BCUT2D eigenvalue weighted by Crippen LogP contribution is 2.33. The number of amides is 2. The Morgan fingerprint density at radius 1 is 1.28 bits per heavy atom. The molecule has 7 heteroatoms. The Kier molecular flexibility index (Phi) is 4.52. The number of anilines is 1. The first-order valence-electron chi connectivity index (χ1n) is 9.54. The SMILES string of the molecule is O=C1CCc2cc(C=CC(=O)N3CC(Oc4csc5ccccc45)C3)cnc2N1. The smallest absolute Gasteiger partial charge is 0.246 e. The topological polar surface area (TPSA) is 71.5 Å². The van der Waals surface area contributed by atoms with Gasteiger partial charge in [0.15, 0.2) is 0 Å². The number of thiophene rings is 1. The molecule has 2 aliphatic rings. The molecule has 146 valence electrons. The summed E-state index contributed by atoms with van der Waals surface area (Å²) < 4.78 is 7.27. The largest absolute Gasteiger partial charge is 0.485 e. The predicted octanol–water partition coefficient (Wildman–Crippen LogP) is 3.48. The number of aryl methyl sites for hydroxylation is 1. The molecule has 0 aliphatic carbocycles. The second kappa shape index (κ2) is 7.33. The van der Waals surface area contributed by atoms with E-state index in [1.165, 1.54) is 4.70 Å². The van der Waals surface area contributed by atoms with Crippen molar-refractivity contribution in [3.8, 4) is 5.75 Å². The van der Waals surface area contributed by atoms with Gasteiger partial charge in [-0.2, -0.15) is 0 Å². The average Bonchev–Trinajstić information content (AvgIpc) is 3.11. The normalized spacial score (nSPS) is 16.6. The van der Waals surface area contributed by atoms with Crippen LogP contribution in [0.25, 0.3) is 16.2 Å². The van der Waals surface area contributed by atoms with Gasteiger partial charge < -0.3 is 15.0 Å². The van der Waals surface area contributed by atoms with Crippen molar-refractivity contribution < 1.29 is 14.3 Å². The fourth-order valence-electron chi connectivity index (χ4n) is 3.56. The van der Waals surface area contributed by atoms with E-state index < -0.39 is 0 Å². The third kappa shape index (κ3) is 3.61. The summed E-state index contributed by atoms with van der Waals surface area (Å²) in [6.45, 7) is 1.17. The van der Waals surface area contributed by atoms with Gasteiger partial charge in [0.1, 0.15) is 17.7 Å². The quantitative estimate of drug-likeness (QED) is 0.675. The average molecular weight is 405 g/mol. The molecule has 3 aromatic rings. The van der Waals surface area contributed by atoms with E-state index in [-0.39, 0.29) is 17.9 Å². The molecule has 1 N–H and O–H groups in total. The van der Waals surface area contributed by atoms with Crippen molar-refractivity contribution >= 4 is 45.1 Å². The van der Waals surface area contributed by atoms with Crippen molar-refractivity contribution in [1.29, 1.82) is 0 Å². The maximum Gasteiger partial charge on any atom is 0.246 e. The molecule has 0 radical (unpaired) electrons. The highest BCUT2D eigenvalue weighted by Gasteiger charge is 2.31. The number of benzene rings is 1. The standard InChI is InChI=1S/C22H19N3O3S/c26-20-7-6-15-9-14(10-23-22(15)24-20)5-8-21(27)25-11-16(12-25)28-18-13-29-19-4-2-1-3-17(18)19/h1-5,8-10,13,16H,6-7,11-12H2,(H,23,24,26). The van der Waals surface area contributed by atoms with Crippen LogP contribution >= 0.6 is 11.3 Å². The molecule has 29 heavy (non-hydrogen) atoms. The third-order valence-corrected chi connectivity index (χ3v) is 6.13. The van der Waals surface area contributed by atoms with Crippen molar-refractivity contribution in [3.05, 3.63) is 59.1 Å². The molecule has 1 saturated heterocycles. The zero-order valence-corrected chi connectivity index (χ0v) is 16.4. The molecule has 0 saturated carbocycles. The van der Waals surface area contributed by atoms with E-state index in [0.29, 0.717) is 31.7 Å². The summed E-state index contributed by atoms with van der Waals surface area (Å²) in [6.07, 6.45) is 6.17. The molecule has 6 nitrogen and oxygen atoms in total. The number of rotatable bonds is 4. The Bertz CT molecular complexity index is 1130. The van der Waals surface area contributed by atoms with E-state index >= 15 is 0 Å². The third-order valence-electron chi connectivity index (χ3n) is 5.18. The summed E-state index contributed by atoms with van der Waals surface area (Å²) in [5, 5.41) is 5.91. The first kappa shape index (κ1) is 17.9. The molecule has 2 aliphatic heterocycles. The van der Waals surface area contributed by atoms with Crippen LogP contribution < -0.4 is 10.1 Å². The minimum atomic E-state index is -0.0361. The summed E-state index contributed by atoms with van der Waals surface area (Å²) in [6, 6.07) is 10.1. The van der Waals surface area contributed by atoms with Crippen LogP contribution in [-0.2, 0) is 16.0 Å². The van der Waals surface area contributed by atoms with E-state index in [9.17, 15) is 9.59 Å². The van der Waals surface area contributed by atoms with Gasteiger partial charge in [-0.25, -0.2) is 4.98 Å². The number of aromatic nitrogens is 1. The Morgan fingerprint density at radius 2 is 2.14 bits per heavy atom. The highest BCUT2D eigenvalue weighted by atomic mass is 32.1. The van der Waals surface area contributed by atoms with Gasteiger partial charge >= 0.3 is 0 Å². The zero-order chi connectivity index (χ0) is 19.8. The zero-order valence-electron chi connectivity index (χ0n) is 15.6. The lowest BCUT2D eigenvalue weighted by molar-refractivity contribution is -0.134. The van der Waals surface area contributed by atoms with Crippen LogP contribution in [0.15, 0.2) is 48.0 Å². The second-order valence-electron chi connectivity index (χ2n) is 7.24. The number of hydrogen-bond donors (Lipinski definition) is 1. The van der Waals surface area contributed by atoms with Gasteiger partial charge in [-0.3, -0.25) is 9.59 Å². The lowest BCUT2D eigenvalue weighted by Crippen LogP contribution is -2.55. The summed E-state index contributed by atoms with van der Waals surface area (Å²) in [5.41, 5.74) is 1.85. The van der Waals surface area contributed by atoms with E-state index in [0.717, 1.165) is 22.3 Å². The maximum absolute atomic E-state index is 12.4. The molecule has 0 spiro atoms. The summed E-state index contributed by atoms with van der Waals surface area (Å²) in [5.74, 6) is 1.47. The maximum atomic E-state index is 12.4. The molecule has 5 rings (SSSR count). The fraction of sp³-hybridized carbons (Fsp3) is 0.227. The molecule has 4 heterocycles. The Morgan fingerprint density at radius 3 is 3.03 bits per heavy atom. The number of carbonyl (C=O) groups excluding carboxylic acids is 2. The lowest BCUT2D eigenvalue weighted by Gasteiger charge is -2.38. The number of hydrogen-bond acceptors (Lipinski definition) is 5. The summed E-state index contributed by atoms with van der Waals surface area (Å²) in [4.78, 5) is 29.8. The van der Waals surface area contributed by atoms with Crippen molar-refractivity contribution in [3.63, 3.8) is 0 Å². The second-order valence-corrected chi connectivity index (χ2v) is 8.15. The molecule has 2 aromatic heterocycles. The molecular formula is C22H19N3O3S. The van der Waals surface area contributed by atoms with Crippen molar-refractivity contribution in [2.24, 2.45) is 0 Å². The Labute approximate surface area is 171 Å². The number of pyridine rings is 1. The molecule has 0 bridgehead atoms. The molecular weight excluding hydrogens is 386 g/mol. The van der Waals surface area contributed by atoms with Gasteiger partial charge in [-0.15, -0.1) is 11.3 Å².